The molecular weight excluding hydrogens is 874 g/mol. The van der Waals surface area contributed by atoms with Crippen LogP contribution in [0.1, 0.15) is 124 Å². The summed E-state index contributed by atoms with van der Waals surface area (Å²) in [5.41, 5.74) is 21.9. The zero-order chi connectivity index (χ0) is 52.3. The maximum Gasteiger partial charge on any atom is 0.252 e. The minimum atomic E-state index is -2.43. The zero-order valence-corrected chi connectivity index (χ0v) is 43.6. The van der Waals surface area contributed by atoms with Crippen molar-refractivity contribution in [1.29, 1.82) is 0 Å². The molecule has 0 saturated heterocycles. The van der Waals surface area contributed by atoms with Gasteiger partial charge in [0.2, 0.25) is 0 Å². The number of aryl methyl sites for hydroxylation is 3. The van der Waals surface area contributed by atoms with E-state index in [-0.39, 0.29) is 28.4 Å². The molecule has 0 amide bonds. The first-order chi connectivity index (χ1) is 35.6. The Morgan fingerprint density at radius 3 is 1.72 bits per heavy atom. The van der Waals surface area contributed by atoms with E-state index in [2.05, 4.69) is 211 Å². The van der Waals surface area contributed by atoms with Gasteiger partial charge in [-0.15, -0.1) is 0 Å². The Kier molecular flexibility index (Phi) is 8.97. The van der Waals surface area contributed by atoms with Gasteiger partial charge in [-0.3, -0.25) is 0 Å². The first-order valence-corrected chi connectivity index (χ1v) is 26.2. The fraction of sp³-hybridized carbons (Fsp3) is 0.284. The summed E-state index contributed by atoms with van der Waals surface area (Å²) < 4.78 is 34.9. The lowest BCUT2D eigenvalue weighted by atomic mass is 9.33. The van der Waals surface area contributed by atoms with Gasteiger partial charge in [-0.05, 0) is 190 Å². The van der Waals surface area contributed by atoms with Crippen molar-refractivity contribution in [2.24, 2.45) is 0 Å². The number of anilines is 9. The van der Waals surface area contributed by atoms with Crippen molar-refractivity contribution < 1.29 is 8.53 Å². The monoisotopic (exact) mass is 943 g/mol. The summed E-state index contributed by atoms with van der Waals surface area (Å²) in [5.74, 6) is 0. The lowest BCUT2D eigenvalue weighted by Gasteiger charge is -2.48. The highest BCUT2D eigenvalue weighted by Crippen LogP contribution is 2.54. The molecule has 0 saturated carbocycles. The molecule has 0 bridgehead atoms. The van der Waals surface area contributed by atoms with Gasteiger partial charge in [-0.25, -0.2) is 0 Å². The van der Waals surface area contributed by atoms with E-state index in [0.717, 1.165) is 121 Å². The third-order valence-corrected chi connectivity index (χ3v) is 17.7. The van der Waals surface area contributed by atoms with E-state index in [1.54, 1.807) is 0 Å². The summed E-state index contributed by atoms with van der Waals surface area (Å²) >= 11 is 0. The van der Waals surface area contributed by atoms with Crippen LogP contribution in [0.5, 0.6) is 0 Å². The van der Waals surface area contributed by atoms with Crippen LogP contribution in [0, 0.1) is 20.7 Å². The molecule has 5 heteroatoms. The fourth-order valence-corrected chi connectivity index (χ4v) is 13.4. The van der Waals surface area contributed by atoms with Crippen LogP contribution in [0.4, 0.5) is 51.2 Å². The summed E-state index contributed by atoms with van der Waals surface area (Å²) in [4.78, 5) is 7.18. The minimum absolute atomic E-state index is 0.0258. The first-order valence-electron chi connectivity index (χ1n) is 27.7. The molecule has 0 spiro atoms. The van der Waals surface area contributed by atoms with Gasteiger partial charge in [0, 0.05) is 60.4 Å². The van der Waals surface area contributed by atoms with Gasteiger partial charge >= 0.3 is 0 Å². The Balaban J connectivity index is 1.18. The average molecular weight is 943 g/mol. The van der Waals surface area contributed by atoms with Crippen molar-refractivity contribution in [2.75, 3.05) is 14.7 Å². The van der Waals surface area contributed by atoms with Crippen LogP contribution >= 0.6 is 0 Å². The SMILES string of the molecule is [2H]C([2H])([2H])c1cc2c3c(c1)N(c1cccc4c1oc1ccccc14)c1cc(N(c4ccccc4C)c4ccccc4C)ccc1B3c1cc3c(cc1N2c1ccc2c(c1)C(C)(C)CCC2(C)C)C(C)(C)CCC3(C)C. The maximum atomic E-state index is 9.30. The largest absolute Gasteiger partial charge is 0.454 e. The van der Waals surface area contributed by atoms with Crippen molar-refractivity contribution in [3.8, 4) is 0 Å². The van der Waals surface area contributed by atoms with Crippen LogP contribution in [0.2, 0.25) is 0 Å². The molecule has 2 aliphatic heterocycles. The lowest BCUT2D eigenvalue weighted by molar-refractivity contribution is 0.332. The summed E-state index contributed by atoms with van der Waals surface area (Å²) in [5, 5.41) is 2.05. The number of benzene rings is 8. The maximum absolute atomic E-state index is 9.30. The second kappa shape index (κ2) is 15.5. The van der Waals surface area contributed by atoms with Crippen LogP contribution in [0.15, 0.2) is 156 Å². The number of nitrogens with zero attached hydrogens (tertiary/aromatic N) is 3. The number of rotatable bonds is 5. The van der Waals surface area contributed by atoms with E-state index >= 15 is 0 Å². The number of fused-ring (bicyclic) bond motifs is 9. The van der Waals surface area contributed by atoms with E-state index in [1.165, 1.54) is 27.7 Å². The second-order valence-electron chi connectivity index (χ2n) is 24.2. The summed E-state index contributed by atoms with van der Waals surface area (Å²) in [6, 6.07) is 55.1. The molecule has 13 rings (SSSR count). The molecule has 0 atom stereocenters. The van der Waals surface area contributed by atoms with Crippen LogP contribution in [-0.2, 0) is 21.7 Å². The second-order valence-corrected chi connectivity index (χ2v) is 24.2. The predicted molar refractivity (Wildman–Crippen MR) is 307 cm³/mol. The van der Waals surface area contributed by atoms with Gasteiger partial charge in [0.25, 0.3) is 6.71 Å². The van der Waals surface area contributed by atoms with Gasteiger partial charge in [-0.1, -0.05) is 140 Å². The number of hydrogen-bond donors (Lipinski definition) is 0. The highest BCUT2D eigenvalue weighted by molar-refractivity contribution is 7.00. The van der Waals surface area contributed by atoms with Crippen molar-refractivity contribution in [1.82, 2.24) is 0 Å². The van der Waals surface area contributed by atoms with Gasteiger partial charge in [0.15, 0.2) is 5.58 Å². The summed E-state index contributed by atoms with van der Waals surface area (Å²) in [6.07, 6.45) is 4.37. The Morgan fingerprint density at radius 1 is 0.486 bits per heavy atom. The standard InChI is InChI=1S/C67H66BN3O/c1-41-35-59-62-60(36-41)71(56-25-18-22-47-46-21-14-17-26-61(46)72-63(47)56)57-38-45(69(54-23-15-12-19-42(54)2)55-24-16-13-20-43(55)3)28-30-52(57)68(62)53-39-50-51(67(10,11)34-33-66(50,8)9)40-58(53)70(59)44-27-29-48-49(37-44)65(6,7)32-31-64(48,4)5/h12-30,35-40H,31-34H2,1-11H3/i1D3. The molecule has 0 radical (unpaired) electrons. The Morgan fingerprint density at radius 2 is 1.06 bits per heavy atom. The Labute approximate surface area is 431 Å². The molecule has 9 aromatic rings. The molecule has 2 aliphatic carbocycles. The van der Waals surface area contributed by atoms with E-state index in [0.29, 0.717) is 5.56 Å². The molecule has 358 valence electrons. The normalized spacial score (nSPS) is 18.3. The molecule has 8 aromatic carbocycles. The Hall–Kier alpha value is -6.98. The molecule has 0 unspecified atom stereocenters. The highest BCUT2D eigenvalue weighted by Gasteiger charge is 2.48. The fourth-order valence-electron chi connectivity index (χ4n) is 13.4. The van der Waals surface area contributed by atoms with Crippen LogP contribution in [0.3, 0.4) is 0 Å². The summed E-state index contributed by atoms with van der Waals surface area (Å²) in [7, 11) is 0. The average Bonchev–Trinajstić information content (AvgIpc) is 3.76. The molecule has 3 heterocycles. The number of para-hydroxylation sites is 4. The highest BCUT2D eigenvalue weighted by atomic mass is 16.3. The zero-order valence-electron chi connectivity index (χ0n) is 46.6. The van der Waals surface area contributed by atoms with E-state index < -0.39 is 6.85 Å². The van der Waals surface area contributed by atoms with Gasteiger partial charge in [-0.2, -0.15) is 0 Å². The van der Waals surface area contributed by atoms with Gasteiger partial charge < -0.3 is 19.1 Å². The number of hydrogen-bond acceptors (Lipinski definition) is 4. The topological polar surface area (TPSA) is 22.9 Å². The molecule has 4 aliphatic rings. The molecule has 1 aromatic heterocycles. The predicted octanol–water partition coefficient (Wildman–Crippen LogP) is 16.8. The van der Waals surface area contributed by atoms with E-state index in [9.17, 15) is 4.11 Å². The molecule has 0 N–H and O–H groups in total. The quantitative estimate of drug-likeness (QED) is 0.160. The van der Waals surface area contributed by atoms with Gasteiger partial charge in [0.05, 0.1) is 5.69 Å². The van der Waals surface area contributed by atoms with Crippen molar-refractivity contribution in [2.45, 2.75) is 123 Å². The van der Waals surface area contributed by atoms with Crippen molar-refractivity contribution in [3.05, 3.63) is 191 Å². The minimum Gasteiger partial charge on any atom is -0.454 e. The third-order valence-electron chi connectivity index (χ3n) is 17.7. The number of furan rings is 1. The molecular formula is C67H66BN3O. The smallest absolute Gasteiger partial charge is 0.252 e. The van der Waals surface area contributed by atoms with Crippen LogP contribution in [0.25, 0.3) is 21.9 Å². The third kappa shape index (κ3) is 6.58. The van der Waals surface area contributed by atoms with Crippen LogP contribution < -0.4 is 31.1 Å². The van der Waals surface area contributed by atoms with Crippen molar-refractivity contribution >= 4 is 96.2 Å². The van der Waals surface area contributed by atoms with Gasteiger partial charge in [0.1, 0.15) is 5.58 Å². The van der Waals surface area contributed by atoms with Crippen LogP contribution in [-0.4, -0.2) is 6.71 Å². The van der Waals surface area contributed by atoms with E-state index in [4.69, 9.17) is 4.42 Å². The van der Waals surface area contributed by atoms with E-state index in [1.807, 2.05) is 24.3 Å². The molecule has 72 heavy (non-hydrogen) atoms. The van der Waals surface area contributed by atoms with Crippen molar-refractivity contribution in [3.63, 3.8) is 0 Å². The Bertz CT molecular complexity index is 3810. The molecule has 4 nitrogen and oxygen atoms in total. The first kappa shape index (κ1) is 41.6. The summed E-state index contributed by atoms with van der Waals surface area (Å²) in [6.45, 7) is 20.9. The molecule has 0 fully saturated rings. The lowest BCUT2D eigenvalue weighted by Crippen LogP contribution is -2.62.